The van der Waals surface area contributed by atoms with Crippen molar-refractivity contribution in [2.45, 2.75) is 19.6 Å². The number of ether oxygens (including phenoxy) is 2. The topological polar surface area (TPSA) is 57.4 Å². The van der Waals surface area contributed by atoms with E-state index in [0.717, 1.165) is 5.56 Å². The van der Waals surface area contributed by atoms with Gasteiger partial charge in [-0.25, -0.2) is 4.98 Å². The number of hydrogen-bond donors (Lipinski definition) is 0. The van der Waals surface area contributed by atoms with Gasteiger partial charge in [-0.05, 0) is 26.0 Å². The number of nitrogens with zero attached hydrogens (tertiary/aromatic N) is 2. The predicted octanol–water partition coefficient (Wildman–Crippen LogP) is 3.36. The van der Waals surface area contributed by atoms with Crippen LogP contribution in [0.2, 0.25) is 0 Å². The molecule has 0 fully saturated rings. The van der Waals surface area contributed by atoms with Crippen LogP contribution in [0.5, 0.6) is 0 Å². The Hall–Kier alpha value is -1.24. The van der Waals surface area contributed by atoms with Gasteiger partial charge in [0.05, 0.1) is 11.5 Å². The summed E-state index contributed by atoms with van der Waals surface area (Å²) in [6, 6.07) is 3.76. The fraction of sp³-hybridized carbons (Fsp3) is 0.429. The second-order valence-corrected chi connectivity index (χ2v) is 4.58. The van der Waals surface area contributed by atoms with Gasteiger partial charge in [0.2, 0.25) is 0 Å². The zero-order chi connectivity index (χ0) is 14.4. The maximum absolute atomic E-state index is 5.80. The Morgan fingerprint density at radius 1 is 1.25 bits per heavy atom. The molecule has 0 aromatic carbocycles. The molecule has 0 unspecified atom stereocenters. The van der Waals surface area contributed by atoms with Crippen LogP contribution in [-0.2, 0) is 15.3 Å². The molecule has 2 aromatic heterocycles. The maximum atomic E-state index is 5.80. The van der Waals surface area contributed by atoms with E-state index in [1.165, 1.54) is 0 Å². The summed E-state index contributed by atoms with van der Waals surface area (Å²) in [5.74, 6) is 0.0407. The van der Waals surface area contributed by atoms with Crippen molar-refractivity contribution in [1.82, 2.24) is 9.97 Å². The second-order valence-electron chi connectivity index (χ2n) is 4.02. The first kappa shape index (κ1) is 15.2. The SMILES string of the molecule is CCOC(CBr)(OCC)c1ncc(-c2cccnc2)o1. The zero-order valence-electron chi connectivity index (χ0n) is 11.5. The first-order valence-electron chi connectivity index (χ1n) is 6.46. The summed E-state index contributed by atoms with van der Waals surface area (Å²) >= 11 is 3.41. The highest BCUT2D eigenvalue weighted by Gasteiger charge is 2.38. The molecule has 0 aliphatic heterocycles. The van der Waals surface area contributed by atoms with E-state index >= 15 is 0 Å². The quantitative estimate of drug-likeness (QED) is 0.571. The lowest BCUT2D eigenvalue weighted by Gasteiger charge is -2.27. The van der Waals surface area contributed by atoms with E-state index in [-0.39, 0.29) is 0 Å². The lowest BCUT2D eigenvalue weighted by atomic mass is 10.2. The van der Waals surface area contributed by atoms with Crippen LogP contribution in [0.3, 0.4) is 0 Å². The largest absolute Gasteiger partial charge is 0.435 e. The van der Waals surface area contributed by atoms with Gasteiger partial charge in [0.1, 0.15) is 0 Å². The van der Waals surface area contributed by atoms with Crippen LogP contribution in [0, 0.1) is 0 Å². The average Bonchev–Trinajstić information content (AvgIpc) is 2.98. The van der Waals surface area contributed by atoms with Crippen molar-refractivity contribution in [1.29, 1.82) is 0 Å². The first-order chi connectivity index (χ1) is 9.75. The van der Waals surface area contributed by atoms with Gasteiger partial charge in [0.25, 0.3) is 11.7 Å². The predicted molar refractivity (Wildman–Crippen MR) is 78.5 cm³/mol. The summed E-state index contributed by atoms with van der Waals surface area (Å²) in [6.45, 7) is 4.80. The number of alkyl halides is 1. The molecule has 0 bridgehead atoms. The first-order valence-corrected chi connectivity index (χ1v) is 7.58. The lowest BCUT2D eigenvalue weighted by molar-refractivity contribution is -0.237. The summed E-state index contributed by atoms with van der Waals surface area (Å²) in [6.07, 6.45) is 5.09. The highest BCUT2D eigenvalue weighted by Crippen LogP contribution is 2.31. The number of oxazole rings is 1. The van der Waals surface area contributed by atoms with E-state index < -0.39 is 5.79 Å². The van der Waals surface area contributed by atoms with Gasteiger partial charge in [0.15, 0.2) is 5.76 Å². The summed E-state index contributed by atoms with van der Waals surface area (Å²) < 4.78 is 17.2. The second kappa shape index (κ2) is 6.97. The van der Waals surface area contributed by atoms with Crippen LogP contribution in [0.4, 0.5) is 0 Å². The van der Waals surface area contributed by atoms with Gasteiger partial charge < -0.3 is 13.9 Å². The van der Waals surface area contributed by atoms with E-state index in [9.17, 15) is 0 Å². The molecule has 0 spiro atoms. The Morgan fingerprint density at radius 3 is 2.55 bits per heavy atom. The molecule has 2 rings (SSSR count). The molecular weight excluding hydrogens is 324 g/mol. The summed E-state index contributed by atoms with van der Waals surface area (Å²) in [5.41, 5.74) is 0.864. The molecule has 5 nitrogen and oxygen atoms in total. The van der Waals surface area contributed by atoms with Gasteiger partial charge >= 0.3 is 0 Å². The van der Waals surface area contributed by atoms with Gasteiger partial charge in [0, 0.05) is 31.2 Å². The highest BCUT2D eigenvalue weighted by atomic mass is 79.9. The van der Waals surface area contributed by atoms with Crippen LogP contribution < -0.4 is 0 Å². The minimum atomic E-state index is -0.996. The van der Waals surface area contributed by atoms with E-state index in [1.54, 1.807) is 18.6 Å². The Labute approximate surface area is 126 Å². The van der Waals surface area contributed by atoms with Crippen molar-refractivity contribution in [2.75, 3.05) is 18.5 Å². The third-order valence-electron chi connectivity index (χ3n) is 2.71. The molecule has 0 amide bonds. The molecule has 0 N–H and O–H groups in total. The molecule has 20 heavy (non-hydrogen) atoms. The minimum Gasteiger partial charge on any atom is -0.435 e. The summed E-state index contributed by atoms with van der Waals surface area (Å²) in [4.78, 5) is 8.36. The Kier molecular flexibility index (Phi) is 5.28. The van der Waals surface area contributed by atoms with Gasteiger partial charge in [-0.1, -0.05) is 15.9 Å². The van der Waals surface area contributed by atoms with Crippen LogP contribution in [0.25, 0.3) is 11.3 Å². The standard InChI is InChI=1S/C14H17BrN2O3/c1-3-18-14(10-15,19-4-2)13-17-9-12(20-13)11-6-5-7-16-8-11/h5-9H,3-4,10H2,1-2H3. The van der Waals surface area contributed by atoms with E-state index in [0.29, 0.717) is 30.2 Å². The molecular formula is C14H17BrN2O3. The molecule has 0 aliphatic rings. The number of rotatable bonds is 7. The fourth-order valence-corrected chi connectivity index (χ4v) is 2.42. The Morgan fingerprint density at radius 2 is 2.00 bits per heavy atom. The van der Waals surface area contributed by atoms with Crippen LogP contribution in [0.15, 0.2) is 35.1 Å². The molecule has 0 radical (unpaired) electrons. The molecule has 108 valence electrons. The molecule has 0 atom stereocenters. The average molecular weight is 341 g/mol. The Bertz CT molecular complexity index is 524. The van der Waals surface area contributed by atoms with Crippen molar-refractivity contribution in [2.24, 2.45) is 0 Å². The van der Waals surface area contributed by atoms with Crippen LogP contribution in [0.1, 0.15) is 19.7 Å². The smallest absolute Gasteiger partial charge is 0.257 e. The van der Waals surface area contributed by atoms with Gasteiger partial charge in [-0.2, -0.15) is 0 Å². The lowest BCUT2D eigenvalue weighted by Crippen LogP contribution is -2.35. The summed E-state index contributed by atoms with van der Waals surface area (Å²) in [7, 11) is 0. The molecule has 0 saturated carbocycles. The molecule has 2 heterocycles. The van der Waals surface area contributed by atoms with Crippen LogP contribution in [-0.4, -0.2) is 28.5 Å². The normalized spacial score (nSPS) is 11.8. The number of aromatic nitrogens is 2. The van der Waals surface area contributed by atoms with E-state index in [2.05, 4.69) is 25.9 Å². The van der Waals surface area contributed by atoms with E-state index in [1.807, 2.05) is 26.0 Å². The molecule has 0 saturated heterocycles. The van der Waals surface area contributed by atoms with Crippen LogP contribution >= 0.6 is 15.9 Å². The molecule has 6 heteroatoms. The van der Waals surface area contributed by atoms with Crippen molar-refractivity contribution in [3.63, 3.8) is 0 Å². The molecule has 0 aliphatic carbocycles. The van der Waals surface area contributed by atoms with Crippen molar-refractivity contribution in [3.05, 3.63) is 36.6 Å². The van der Waals surface area contributed by atoms with Crippen molar-refractivity contribution < 1.29 is 13.9 Å². The number of halogens is 1. The van der Waals surface area contributed by atoms with Crippen molar-refractivity contribution >= 4 is 15.9 Å². The number of pyridine rings is 1. The number of hydrogen-bond acceptors (Lipinski definition) is 5. The monoisotopic (exact) mass is 340 g/mol. The third kappa shape index (κ3) is 3.08. The molecule has 2 aromatic rings. The van der Waals surface area contributed by atoms with Gasteiger partial charge in [-0.3, -0.25) is 4.98 Å². The minimum absolute atomic E-state index is 0.400. The van der Waals surface area contributed by atoms with E-state index in [4.69, 9.17) is 13.9 Å². The maximum Gasteiger partial charge on any atom is 0.257 e. The highest BCUT2D eigenvalue weighted by molar-refractivity contribution is 9.09. The fourth-order valence-electron chi connectivity index (χ4n) is 1.86. The van der Waals surface area contributed by atoms with Crippen molar-refractivity contribution in [3.8, 4) is 11.3 Å². The zero-order valence-corrected chi connectivity index (χ0v) is 13.1. The van der Waals surface area contributed by atoms with Gasteiger partial charge in [-0.15, -0.1) is 0 Å². The third-order valence-corrected chi connectivity index (χ3v) is 3.45. The Balaban J connectivity index is 2.33. The summed E-state index contributed by atoms with van der Waals surface area (Å²) in [5, 5.41) is 0.439.